The second-order valence-electron chi connectivity index (χ2n) is 5.04. The number of carbonyl (C=O) groups excluding carboxylic acids is 1. The normalized spacial score (nSPS) is 11.5. The topological polar surface area (TPSA) is 79.5 Å². The van der Waals surface area contributed by atoms with Gasteiger partial charge in [-0.15, -0.1) is 0 Å². The van der Waals surface area contributed by atoms with Crippen molar-refractivity contribution in [2.75, 3.05) is 13.1 Å². The SMILES string of the molecule is CCNC(=O)c1cccc(CN=C(N)NCC(C)C)c1. The van der Waals surface area contributed by atoms with Gasteiger partial charge in [-0.05, 0) is 30.5 Å². The van der Waals surface area contributed by atoms with E-state index in [-0.39, 0.29) is 5.91 Å². The molecule has 0 saturated heterocycles. The Morgan fingerprint density at radius 1 is 1.35 bits per heavy atom. The van der Waals surface area contributed by atoms with Crippen LogP contribution in [0.5, 0.6) is 0 Å². The molecule has 0 saturated carbocycles. The van der Waals surface area contributed by atoms with E-state index in [1.165, 1.54) is 0 Å². The van der Waals surface area contributed by atoms with E-state index in [0.29, 0.717) is 30.5 Å². The van der Waals surface area contributed by atoms with Gasteiger partial charge in [-0.1, -0.05) is 26.0 Å². The number of nitrogens with two attached hydrogens (primary N) is 1. The molecule has 1 aromatic carbocycles. The Labute approximate surface area is 120 Å². The number of amides is 1. The van der Waals surface area contributed by atoms with E-state index in [1.54, 1.807) is 6.07 Å². The summed E-state index contributed by atoms with van der Waals surface area (Å²) < 4.78 is 0. The van der Waals surface area contributed by atoms with E-state index >= 15 is 0 Å². The zero-order valence-electron chi connectivity index (χ0n) is 12.4. The molecular weight excluding hydrogens is 252 g/mol. The molecule has 0 aliphatic heterocycles. The quantitative estimate of drug-likeness (QED) is 0.544. The van der Waals surface area contributed by atoms with Crippen molar-refractivity contribution in [2.45, 2.75) is 27.3 Å². The van der Waals surface area contributed by atoms with Gasteiger partial charge in [0.15, 0.2) is 5.96 Å². The third-order valence-corrected chi connectivity index (χ3v) is 2.65. The van der Waals surface area contributed by atoms with E-state index in [4.69, 9.17) is 5.73 Å². The number of aliphatic imine (C=N–C) groups is 1. The fraction of sp³-hybridized carbons (Fsp3) is 0.467. The molecule has 5 heteroatoms. The van der Waals surface area contributed by atoms with Gasteiger partial charge in [-0.25, -0.2) is 4.99 Å². The lowest BCUT2D eigenvalue weighted by Crippen LogP contribution is -2.34. The van der Waals surface area contributed by atoms with Crippen LogP contribution in [-0.4, -0.2) is 25.0 Å². The number of benzene rings is 1. The molecule has 1 aromatic rings. The summed E-state index contributed by atoms with van der Waals surface area (Å²) in [6.45, 7) is 7.99. The molecule has 5 nitrogen and oxygen atoms in total. The van der Waals surface area contributed by atoms with Crippen LogP contribution in [0.4, 0.5) is 0 Å². The summed E-state index contributed by atoms with van der Waals surface area (Å²) >= 11 is 0. The van der Waals surface area contributed by atoms with Gasteiger partial charge >= 0.3 is 0 Å². The predicted molar refractivity (Wildman–Crippen MR) is 82.6 cm³/mol. The van der Waals surface area contributed by atoms with Crippen LogP contribution >= 0.6 is 0 Å². The van der Waals surface area contributed by atoms with Gasteiger partial charge in [0, 0.05) is 18.7 Å². The molecule has 0 aromatic heterocycles. The Hall–Kier alpha value is -2.04. The van der Waals surface area contributed by atoms with Crippen LogP contribution in [0, 0.1) is 5.92 Å². The number of nitrogens with one attached hydrogen (secondary N) is 2. The zero-order valence-corrected chi connectivity index (χ0v) is 12.4. The van der Waals surface area contributed by atoms with Crippen molar-refractivity contribution in [2.24, 2.45) is 16.6 Å². The van der Waals surface area contributed by atoms with Crippen molar-refractivity contribution in [3.63, 3.8) is 0 Å². The molecule has 1 rings (SSSR count). The number of hydrogen-bond acceptors (Lipinski definition) is 2. The number of hydrogen-bond donors (Lipinski definition) is 3. The average molecular weight is 276 g/mol. The van der Waals surface area contributed by atoms with Gasteiger partial charge in [0.05, 0.1) is 6.54 Å². The Morgan fingerprint density at radius 3 is 2.75 bits per heavy atom. The van der Waals surface area contributed by atoms with E-state index in [1.807, 2.05) is 25.1 Å². The monoisotopic (exact) mass is 276 g/mol. The summed E-state index contributed by atoms with van der Waals surface area (Å²) in [4.78, 5) is 16.0. The smallest absolute Gasteiger partial charge is 0.251 e. The number of guanidine groups is 1. The third kappa shape index (κ3) is 5.73. The van der Waals surface area contributed by atoms with E-state index in [0.717, 1.165) is 12.1 Å². The van der Waals surface area contributed by atoms with E-state index in [2.05, 4.69) is 29.5 Å². The zero-order chi connectivity index (χ0) is 15.0. The predicted octanol–water partition coefficient (Wildman–Crippen LogP) is 1.50. The largest absolute Gasteiger partial charge is 0.370 e. The first-order valence-electron chi connectivity index (χ1n) is 6.93. The van der Waals surface area contributed by atoms with Crippen LogP contribution in [0.15, 0.2) is 29.3 Å². The van der Waals surface area contributed by atoms with Crippen LogP contribution in [0.2, 0.25) is 0 Å². The minimum absolute atomic E-state index is 0.0655. The molecule has 0 bridgehead atoms. The Balaban J connectivity index is 2.62. The van der Waals surface area contributed by atoms with Crippen molar-refractivity contribution < 1.29 is 4.79 Å². The first-order chi connectivity index (χ1) is 9.52. The van der Waals surface area contributed by atoms with Gasteiger partial charge in [0.1, 0.15) is 0 Å². The van der Waals surface area contributed by atoms with E-state index in [9.17, 15) is 4.79 Å². The number of nitrogens with zero attached hydrogens (tertiary/aromatic N) is 1. The van der Waals surface area contributed by atoms with Gasteiger partial charge in [0.2, 0.25) is 0 Å². The lowest BCUT2D eigenvalue weighted by molar-refractivity contribution is 0.0955. The maximum absolute atomic E-state index is 11.7. The van der Waals surface area contributed by atoms with Crippen LogP contribution in [0.25, 0.3) is 0 Å². The van der Waals surface area contributed by atoms with E-state index < -0.39 is 0 Å². The molecule has 0 aliphatic carbocycles. The first kappa shape index (κ1) is 16.0. The summed E-state index contributed by atoms with van der Waals surface area (Å²) in [5.74, 6) is 0.885. The fourth-order valence-corrected chi connectivity index (χ4v) is 1.61. The van der Waals surface area contributed by atoms with Gasteiger partial charge < -0.3 is 16.4 Å². The Bertz CT molecular complexity index is 469. The molecular formula is C15H24N4O. The lowest BCUT2D eigenvalue weighted by Gasteiger charge is -2.08. The van der Waals surface area contributed by atoms with Crippen LogP contribution in [0.1, 0.15) is 36.7 Å². The van der Waals surface area contributed by atoms with Gasteiger partial charge in [-0.3, -0.25) is 4.79 Å². The molecule has 0 radical (unpaired) electrons. The minimum Gasteiger partial charge on any atom is -0.370 e. The molecule has 1 amide bonds. The molecule has 0 aliphatic rings. The van der Waals surface area contributed by atoms with Gasteiger partial charge in [-0.2, -0.15) is 0 Å². The summed E-state index contributed by atoms with van der Waals surface area (Å²) in [7, 11) is 0. The average Bonchev–Trinajstić information content (AvgIpc) is 2.43. The highest BCUT2D eigenvalue weighted by atomic mass is 16.1. The van der Waals surface area contributed by atoms with Crippen molar-refractivity contribution in [3.8, 4) is 0 Å². The molecule has 0 unspecified atom stereocenters. The summed E-state index contributed by atoms with van der Waals surface area (Å²) in [5, 5.41) is 5.83. The molecule has 0 spiro atoms. The van der Waals surface area contributed by atoms with Crippen molar-refractivity contribution in [1.82, 2.24) is 10.6 Å². The summed E-state index contributed by atoms with van der Waals surface area (Å²) in [5.41, 5.74) is 7.38. The number of carbonyl (C=O) groups is 1. The van der Waals surface area contributed by atoms with Crippen molar-refractivity contribution in [3.05, 3.63) is 35.4 Å². The van der Waals surface area contributed by atoms with Crippen LogP contribution in [0.3, 0.4) is 0 Å². The Morgan fingerprint density at radius 2 is 2.10 bits per heavy atom. The minimum atomic E-state index is -0.0655. The van der Waals surface area contributed by atoms with Crippen LogP contribution in [-0.2, 0) is 6.54 Å². The number of rotatable bonds is 6. The highest BCUT2D eigenvalue weighted by molar-refractivity contribution is 5.94. The van der Waals surface area contributed by atoms with Gasteiger partial charge in [0.25, 0.3) is 5.91 Å². The second kappa shape index (κ2) is 8.19. The molecule has 4 N–H and O–H groups in total. The third-order valence-electron chi connectivity index (χ3n) is 2.65. The lowest BCUT2D eigenvalue weighted by atomic mass is 10.1. The summed E-state index contributed by atoms with van der Waals surface area (Å²) in [6.07, 6.45) is 0. The molecule has 0 heterocycles. The van der Waals surface area contributed by atoms with Crippen molar-refractivity contribution in [1.29, 1.82) is 0 Å². The second-order valence-corrected chi connectivity index (χ2v) is 5.04. The maximum Gasteiger partial charge on any atom is 0.251 e. The standard InChI is InChI=1S/C15H24N4O/c1-4-17-14(20)13-7-5-6-12(8-13)10-19-15(16)18-9-11(2)3/h5-8,11H,4,9-10H2,1-3H3,(H,17,20)(H3,16,18,19). The summed E-state index contributed by atoms with van der Waals surface area (Å²) in [6, 6.07) is 7.41. The van der Waals surface area contributed by atoms with Crippen molar-refractivity contribution >= 4 is 11.9 Å². The Kier molecular flexibility index (Phi) is 6.56. The maximum atomic E-state index is 11.7. The highest BCUT2D eigenvalue weighted by Gasteiger charge is 2.04. The molecule has 0 fully saturated rings. The first-order valence-corrected chi connectivity index (χ1v) is 6.93. The highest BCUT2D eigenvalue weighted by Crippen LogP contribution is 2.06. The van der Waals surface area contributed by atoms with Crippen LogP contribution < -0.4 is 16.4 Å². The molecule has 110 valence electrons. The molecule has 0 atom stereocenters. The fourth-order valence-electron chi connectivity index (χ4n) is 1.61. The molecule has 20 heavy (non-hydrogen) atoms.